The zero-order chi connectivity index (χ0) is 28.1. The van der Waals surface area contributed by atoms with Gasteiger partial charge in [-0.2, -0.15) is 4.98 Å². The van der Waals surface area contributed by atoms with E-state index in [0.717, 1.165) is 48.4 Å². The Morgan fingerprint density at radius 3 is 2.56 bits per heavy atom. The predicted molar refractivity (Wildman–Crippen MR) is 147 cm³/mol. The minimum atomic E-state index is -0.905. The lowest BCUT2D eigenvalue weighted by Crippen LogP contribution is -2.43. The van der Waals surface area contributed by atoms with E-state index in [1.165, 1.54) is 6.07 Å². The first kappa shape index (κ1) is 27.9. The Morgan fingerprint density at radius 1 is 1.15 bits per heavy atom. The van der Waals surface area contributed by atoms with Gasteiger partial charge in [-0.1, -0.05) is 25.5 Å². The van der Waals surface area contributed by atoms with Crippen LogP contribution in [0, 0.1) is 11.6 Å². The number of para-hydroxylation sites is 1. The van der Waals surface area contributed by atoms with Crippen LogP contribution in [0.2, 0.25) is 0 Å². The minimum absolute atomic E-state index is 0.0327. The third-order valence-electron chi connectivity index (χ3n) is 6.49. The summed E-state index contributed by atoms with van der Waals surface area (Å²) in [5.74, 6) is -2.14. The van der Waals surface area contributed by atoms with E-state index in [2.05, 4.69) is 22.5 Å². The van der Waals surface area contributed by atoms with Gasteiger partial charge in [-0.05, 0) is 69.7 Å². The number of urea groups is 1. The van der Waals surface area contributed by atoms with Crippen molar-refractivity contribution in [2.45, 2.75) is 39.2 Å². The molecule has 2 aromatic carbocycles. The highest BCUT2D eigenvalue weighted by molar-refractivity contribution is 6.02. The monoisotopic (exact) mass is 537 g/mol. The number of rotatable bonds is 11. The second-order valence-electron chi connectivity index (χ2n) is 9.69. The number of primary amides is 1. The number of carbonyl (C=O) groups excluding carboxylic acids is 2. The van der Waals surface area contributed by atoms with Gasteiger partial charge in [-0.3, -0.25) is 4.79 Å². The fraction of sp³-hybridized carbons (Fsp3) is 0.357. The molecule has 1 aliphatic rings. The van der Waals surface area contributed by atoms with Gasteiger partial charge in [0, 0.05) is 23.2 Å². The molecule has 3 aromatic rings. The standard InChI is InChI=1S/C28H33F2N7O2/c1-4-5-8-17-11-12-18(25(31)38)15-19(17)23-20-16-33-28(39)37(24-21(29)9-6-10-22(24)30)26(20)35-27(34-23)32-13-7-14-36(2)3/h6,9-12,15H,4-5,7-8,13-14,16H2,1-3H3,(H2,31,38)(H,33,39)(H,32,34,35). The van der Waals surface area contributed by atoms with Crippen LogP contribution in [0.3, 0.4) is 0 Å². The lowest BCUT2D eigenvalue weighted by Gasteiger charge is -2.31. The molecule has 9 nitrogen and oxygen atoms in total. The molecule has 39 heavy (non-hydrogen) atoms. The largest absolute Gasteiger partial charge is 0.366 e. The molecule has 0 unspecified atom stereocenters. The number of hydrogen-bond donors (Lipinski definition) is 3. The zero-order valence-corrected chi connectivity index (χ0v) is 22.4. The lowest BCUT2D eigenvalue weighted by atomic mass is 9.94. The number of anilines is 3. The molecule has 0 aliphatic carbocycles. The molecule has 0 radical (unpaired) electrons. The molecule has 0 bridgehead atoms. The number of nitrogens with one attached hydrogen (secondary N) is 2. The molecule has 4 N–H and O–H groups in total. The first-order valence-corrected chi connectivity index (χ1v) is 13.0. The molecule has 206 valence electrons. The number of fused-ring (bicyclic) bond motifs is 1. The number of unbranched alkanes of at least 4 members (excludes halogenated alkanes) is 1. The number of aryl methyl sites for hydroxylation is 1. The number of amides is 3. The first-order valence-electron chi connectivity index (χ1n) is 13.0. The van der Waals surface area contributed by atoms with Crippen molar-refractivity contribution >= 4 is 29.4 Å². The van der Waals surface area contributed by atoms with E-state index >= 15 is 0 Å². The van der Waals surface area contributed by atoms with E-state index < -0.39 is 29.3 Å². The highest BCUT2D eigenvalue weighted by atomic mass is 19.1. The summed E-state index contributed by atoms with van der Waals surface area (Å²) >= 11 is 0. The lowest BCUT2D eigenvalue weighted by molar-refractivity contribution is 0.1000. The predicted octanol–water partition coefficient (Wildman–Crippen LogP) is 4.59. The minimum Gasteiger partial charge on any atom is -0.366 e. The van der Waals surface area contributed by atoms with E-state index in [9.17, 15) is 18.4 Å². The Balaban J connectivity index is 1.93. The molecule has 3 amide bonds. The van der Waals surface area contributed by atoms with Crippen LogP contribution in [-0.4, -0.2) is 54.0 Å². The van der Waals surface area contributed by atoms with E-state index in [0.29, 0.717) is 35.3 Å². The number of aromatic nitrogens is 2. The Kier molecular flexibility index (Phi) is 8.70. The molecule has 0 atom stereocenters. The maximum absolute atomic E-state index is 14.9. The summed E-state index contributed by atoms with van der Waals surface area (Å²) in [5, 5.41) is 5.88. The van der Waals surface area contributed by atoms with Gasteiger partial charge in [-0.15, -0.1) is 0 Å². The van der Waals surface area contributed by atoms with Crippen LogP contribution in [0.15, 0.2) is 36.4 Å². The molecular weight excluding hydrogens is 504 g/mol. The van der Waals surface area contributed by atoms with Crippen molar-refractivity contribution in [1.29, 1.82) is 0 Å². The molecule has 2 heterocycles. The second-order valence-corrected chi connectivity index (χ2v) is 9.69. The van der Waals surface area contributed by atoms with Crippen molar-refractivity contribution in [1.82, 2.24) is 20.2 Å². The van der Waals surface area contributed by atoms with Crippen molar-refractivity contribution < 1.29 is 18.4 Å². The summed E-state index contributed by atoms with van der Waals surface area (Å²) in [6.07, 6.45) is 3.35. The van der Waals surface area contributed by atoms with Gasteiger partial charge in [0.1, 0.15) is 17.3 Å². The Morgan fingerprint density at radius 2 is 1.90 bits per heavy atom. The van der Waals surface area contributed by atoms with Crippen molar-refractivity contribution in [2.75, 3.05) is 37.4 Å². The summed E-state index contributed by atoms with van der Waals surface area (Å²) in [5.41, 5.74) is 7.87. The van der Waals surface area contributed by atoms with E-state index in [4.69, 9.17) is 10.7 Å². The number of nitrogens with zero attached hydrogens (tertiary/aromatic N) is 4. The summed E-state index contributed by atoms with van der Waals surface area (Å²) in [6, 6.07) is 7.88. The first-order chi connectivity index (χ1) is 18.7. The highest BCUT2D eigenvalue weighted by Gasteiger charge is 2.34. The van der Waals surface area contributed by atoms with Gasteiger partial charge in [0.05, 0.1) is 12.2 Å². The van der Waals surface area contributed by atoms with Crippen LogP contribution in [-0.2, 0) is 13.0 Å². The van der Waals surface area contributed by atoms with E-state index in [1.807, 2.05) is 25.1 Å². The fourth-order valence-corrected chi connectivity index (χ4v) is 4.50. The van der Waals surface area contributed by atoms with Gasteiger partial charge in [0.25, 0.3) is 0 Å². The van der Waals surface area contributed by atoms with Crippen molar-refractivity contribution in [3.8, 4) is 11.3 Å². The molecule has 0 saturated heterocycles. The number of carbonyl (C=O) groups is 2. The zero-order valence-electron chi connectivity index (χ0n) is 22.4. The van der Waals surface area contributed by atoms with Gasteiger partial charge >= 0.3 is 6.03 Å². The van der Waals surface area contributed by atoms with Crippen LogP contribution in [0.4, 0.5) is 31.0 Å². The topological polar surface area (TPSA) is 116 Å². The van der Waals surface area contributed by atoms with E-state index in [1.54, 1.807) is 12.1 Å². The van der Waals surface area contributed by atoms with Gasteiger partial charge in [0.2, 0.25) is 11.9 Å². The van der Waals surface area contributed by atoms with Gasteiger partial charge in [-0.25, -0.2) is 23.5 Å². The van der Waals surface area contributed by atoms with Crippen LogP contribution in [0.25, 0.3) is 11.3 Å². The number of halogens is 2. The highest BCUT2D eigenvalue weighted by Crippen LogP contribution is 2.39. The Bertz CT molecular complexity index is 1360. The van der Waals surface area contributed by atoms with Crippen LogP contribution >= 0.6 is 0 Å². The van der Waals surface area contributed by atoms with Crippen molar-refractivity contribution in [3.63, 3.8) is 0 Å². The van der Waals surface area contributed by atoms with E-state index in [-0.39, 0.29) is 18.3 Å². The maximum Gasteiger partial charge on any atom is 0.328 e. The normalized spacial score (nSPS) is 12.9. The third-order valence-corrected chi connectivity index (χ3v) is 6.49. The molecule has 0 saturated carbocycles. The summed E-state index contributed by atoms with van der Waals surface area (Å²) < 4.78 is 29.8. The Labute approximate surface area is 226 Å². The van der Waals surface area contributed by atoms with Crippen LogP contribution in [0.5, 0.6) is 0 Å². The average molecular weight is 538 g/mol. The molecule has 4 rings (SSSR count). The summed E-state index contributed by atoms with van der Waals surface area (Å²) in [7, 11) is 3.94. The molecule has 0 fully saturated rings. The molecule has 1 aliphatic heterocycles. The maximum atomic E-state index is 14.9. The average Bonchev–Trinajstić information content (AvgIpc) is 2.90. The number of benzene rings is 2. The fourth-order valence-electron chi connectivity index (χ4n) is 4.50. The van der Waals surface area contributed by atoms with Crippen molar-refractivity contribution in [3.05, 3.63) is 64.7 Å². The number of hydrogen-bond acceptors (Lipinski definition) is 6. The molecule has 0 spiro atoms. The summed E-state index contributed by atoms with van der Waals surface area (Å²) in [6.45, 7) is 3.46. The smallest absolute Gasteiger partial charge is 0.328 e. The van der Waals surface area contributed by atoms with Gasteiger partial charge in [0.15, 0.2) is 5.82 Å². The second kappa shape index (κ2) is 12.2. The van der Waals surface area contributed by atoms with Gasteiger partial charge < -0.3 is 21.3 Å². The third kappa shape index (κ3) is 6.14. The Hall–Kier alpha value is -4.12. The summed E-state index contributed by atoms with van der Waals surface area (Å²) in [4.78, 5) is 37.4. The van der Waals surface area contributed by atoms with Crippen LogP contribution in [0.1, 0.15) is 47.7 Å². The SMILES string of the molecule is CCCCc1ccc(C(N)=O)cc1-c1nc(NCCCN(C)C)nc2c1CNC(=O)N2c1c(F)cccc1F. The quantitative estimate of drug-likeness (QED) is 0.308. The molecule has 11 heteroatoms. The van der Waals surface area contributed by atoms with Crippen LogP contribution < -0.4 is 21.3 Å². The van der Waals surface area contributed by atoms with Crippen molar-refractivity contribution in [2.24, 2.45) is 5.73 Å². The molecular formula is C28H33F2N7O2. The molecule has 1 aromatic heterocycles. The number of nitrogens with two attached hydrogens (primary N) is 1.